The zero-order chi connectivity index (χ0) is 22.7. The topological polar surface area (TPSA) is 102 Å². The number of esters is 1. The van der Waals surface area contributed by atoms with Gasteiger partial charge >= 0.3 is 5.97 Å². The predicted molar refractivity (Wildman–Crippen MR) is 119 cm³/mol. The summed E-state index contributed by atoms with van der Waals surface area (Å²) >= 11 is 0. The van der Waals surface area contributed by atoms with Crippen LogP contribution in [0.2, 0.25) is 0 Å². The van der Waals surface area contributed by atoms with Gasteiger partial charge in [-0.3, -0.25) is 4.79 Å². The van der Waals surface area contributed by atoms with Gasteiger partial charge in [0.1, 0.15) is 6.61 Å². The largest absolute Gasteiger partial charge is 0.456 e. The minimum atomic E-state index is -0.301. The monoisotopic (exact) mass is 448 g/mol. The van der Waals surface area contributed by atoms with Crippen molar-refractivity contribution >= 4 is 11.9 Å². The summed E-state index contributed by atoms with van der Waals surface area (Å²) in [4.78, 5) is 26.9. The second kappa shape index (κ2) is 7.48. The number of carbonyl (C=O) groups excluding carboxylic acids is 2. The van der Waals surface area contributed by atoms with Crippen LogP contribution in [0.5, 0.6) is 0 Å². The Morgan fingerprint density at radius 2 is 2.03 bits per heavy atom. The van der Waals surface area contributed by atoms with Crippen molar-refractivity contribution in [3.8, 4) is 11.4 Å². The van der Waals surface area contributed by atoms with Gasteiger partial charge in [-0.25, -0.2) is 9.48 Å². The number of cyclic esters (lactones) is 1. The lowest BCUT2D eigenvalue weighted by Crippen LogP contribution is -2.42. The first-order valence-corrected chi connectivity index (χ1v) is 11.8. The number of amides is 1. The van der Waals surface area contributed by atoms with Crippen LogP contribution in [0.1, 0.15) is 63.1 Å². The Bertz CT molecular complexity index is 1180. The lowest BCUT2D eigenvalue weighted by molar-refractivity contribution is -0.138. The second-order valence-electron chi connectivity index (χ2n) is 9.83. The van der Waals surface area contributed by atoms with Crippen LogP contribution in [-0.4, -0.2) is 56.2 Å². The highest BCUT2D eigenvalue weighted by Crippen LogP contribution is 2.46. The molecule has 33 heavy (non-hydrogen) atoms. The van der Waals surface area contributed by atoms with Gasteiger partial charge in [0, 0.05) is 24.7 Å². The van der Waals surface area contributed by atoms with Gasteiger partial charge < -0.3 is 15.0 Å². The van der Waals surface area contributed by atoms with Gasteiger partial charge in [-0.2, -0.15) is 0 Å². The van der Waals surface area contributed by atoms with Crippen LogP contribution in [0, 0.1) is 5.41 Å². The average molecular weight is 449 g/mol. The van der Waals surface area contributed by atoms with Crippen molar-refractivity contribution in [1.29, 1.82) is 0 Å². The normalized spacial score (nSPS) is 28.6. The number of ether oxygens (including phenoxy) is 1. The van der Waals surface area contributed by atoms with Gasteiger partial charge in [0.15, 0.2) is 5.82 Å². The molecule has 2 aromatic rings. The zero-order valence-corrected chi connectivity index (χ0v) is 19.0. The summed E-state index contributed by atoms with van der Waals surface area (Å²) in [6, 6.07) is 7.06. The number of benzene rings is 1. The predicted octanol–water partition coefficient (Wildman–Crippen LogP) is 2.34. The molecule has 2 fully saturated rings. The first-order valence-electron chi connectivity index (χ1n) is 11.8. The van der Waals surface area contributed by atoms with Gasteiger partial charge in [0.25, 0.3) is 0 Å². The summed E-state index contributed by atoms with van der Waals surface area (Å²) in [5.41, 5.74) is 4.67. The fourth-order valence-corrected chi connectivity index (χ4v) is 5.96. The Labute approximate surface area is 192 Å². The lowest BCUT2D eigenvalue weighted by Gasteiger charge is -2.36. The highest BCUT2D eigenvalue weighted by Gasteiger charge is 2.50. The number of tetrazole rings is 1. The molecule has 0 bridgehead atoms. The number of aromatic nitrogens is 4. The second-order valence-corrected chi connectivity index (χ2v) is 9.83. The van der Waals surface area contributed by atoms with Crippen molar-refractivity contribution in [2.24, 2.45) is 5.41 Å². The number of likely N-dealkylation sites (tertiary alicyclic amines) is 1. The van der Waals surface area contributed by atoms with Crippen molar-refractivity contribution in [3.63, 3.8) is 0 Å². The molecule has 1 unspecified atom stereocenters. The zero-order valence-electron chi connectivity index (χ0n) is 19.0. The molecular formula is C24H28N6O3. The summed E-state index contributed by atoms with van der Waals surface area (Å²) in [5, 5.41) is 15.7. The summed E-state index contributed by atoms with van der Waals surface area (Å²) in [6.45, 7) is 5.60. The van der Waals surface area contributed by atoms with E-state index in [1.807, 2.05) is 9.58 Å². The number of nitrogens with one attached hydrogen (secondary N) is 1. The van der Waals surface area contributed by atoms with Crippen molar-refractivity contribution in [2.75, 3.05) is 13.2 Å². The molecule has 1 N–H and O–H groups in total. The molecule has 1 amide bonds. The van der Waals surface area contributed by atoms with Crippen molar-refractivity contribution < 1.29 is 14.3 Å². The maximum absolute atomic E-state index is 13.3. The third-order valence-corrected chi connectivity index (χ3v) is 8.12. The van der Waals surface area contributed by atoms with Crippen LogP contribution in [0.4, 0.5) is 0 Å². The van der Waals surface area contributed by atoms with Gasteiger partial charge in [0.05, 0.1) is 22.7 Å². The Balaban J connectivity index is 1.07. The number of rotatable bonds is 4. The molecule has 1 atom stereocenters. The maximum atomic E-state index is 13.3. The van der Waals surface area contributed by atoms with E-state index in [0.29, 0.717) is 18.2 Å². The molecule has 1 saturated heterocycles. The minimum Gasteiger partial charge on any atom is -0.456 e. The van der Waals surface area contributed by atoms with E-state index in [4.69, 9.17) is 4.74 Å². The SMILES string of the molecule is CC1=C(N2CC[C@]3(CC[C@@H](NCc4ccc5c(c4)C(C)n4nnnc4-5)CC3)C2=O)COC1=O. The molecule has 1 saturated carbocycles. The number of hydrogen-bond donors (Lipinski definition) is 1. The first-order chi connectivity index (χ1) is 16.0. The van der Waals surface area contributed by atoms with E-state index in [2.05, 4.69) is 46.0 Å². The van der Waals surface area contributed by atoms with Crippen LogP contribution >= 0.6 is 0 Å². The number of hydrogen-bond acceptors (Lipinski definition) is 7. The number of fused-ring (bicyclic) bond motifs is 3. The van der Waals surface area contributed by atoms with Crippen molar-refractivity contribution in [3.05, 3.63) is 40.6 Å². The Morgan fingerprint density at radius 1 is 1.21 bits per heavy atom. The van der Waals surface area contributed by atoms with Gasteiger partial charge in [0.2, 0.25) is 5.91 Å². The molecule has 1 spiro atoms. The number of nitrogens with zero attached hydrogens (tertiary/aromatic N) is 5. The van der Waals surface area contributed by atoms with Crippen LogP contribution < -0.4 is 5.32 Å². The third-order valence-electron chi connectivity index (χ3n) is 8.12. The van der Waals surface area contributed by atoms with E-state index >= 15 is 0 Å². The molecule has 4 heterocycles. The van der Waals surface area contributed by atoms with E-state index < -0.39 is 0 Å². The molecule has 4 aliphatic rings. The lowest BCUT2D eigenvalue weighted by atomic mass is 9.71. The number of carbonyl (C=O) groups is 2. The van der Waals surface area contributed by atoms with E-state index in [9.17, 15) is 9.59 Å². The van der Waals surface area contributed by atoms with Crippen molar-refractivity contribution in [2.45, 2.75) is 64.6 Å². The molecule has 1 aromatic carbocycles. The molecule has 9 heteroatoms. The standard InChI is InChI=1S/C24H28N6O3/c1-14-20(13-33-22(14)31)29-10-9-24(23(29)32)7-5-17(6-8-24)25-12-16-3-4-18-19(11-16)15(2)30-21(18)26-27-28-30/h3-4,11,15,17,25H,5-10,12-13H2,1-2H3/t15?,17-,24-. The van der Waals surface area contributed by atoms with Crippen molar-refractivity contribution in [1.82, 2.24) is 30.4 Å². The molecule has 3 aliphatic heterocycles. The molecule has 6 rings (SSSR count). The first kappa shape index (κ1) is 20.5. The average Bonchev–Trinajstić information content (AvgIpc) is 3.57. The van der Waals surface area contributed by atoms with E-state index in [-0.39, 0.29) is 29.9 Å². The van der Waals surface area contributed by atoms with Crippen LogP contribution in [0.3, 0.4) is 0 Å². The maximum Gasteiger partial charge on any atom is 0.336 e. The Kier molecular flexibility index (Phi) is 4.65. The fraction of sp³-hybridized carbons (Fsp3) is 0.542. The highest BCUT2D eigenvalue weighted by molar-refractivity contribution is 5.94. The molecule has 1 aliphatic carbocycles. The molecular weight excluding hydrogens is 420 g/mol. The summed E-state index contributed by atoms with van der Waals surface area (Å²) < 4.78 is 7.00. The Morgan fingerprint density at radius 3 is 2.79 bits per heavy atom. The quantitative estimate of drug-likeness (QED) is 0.716. The van der Waals surface area contributed by atoms with E-state index in [1.54, 1.807) is 6.92 Å². The van der Waals surface area contributed by atoms with Gasteiger partial charge in [-0.15, -0.1) is 5.10 Å². The molecule has 1 aromatic heterocycles. The highest BCUT2D eigenvalue weighted by atomic mass is 16.5. The van der Waals surface area contributed by atoms with E-state index in [1.165, 1.54) is 11.1 Å². The smallest absolute Gasteiger partial charge is 0.336 e. The van der Waals surface area contributed by atoms with Gasteiger partial charge in [-0.1, -0.05) is 18.2 Å². The fourth-order valence-electron chi connectivity index (χ4n) is 5.96. The Hall–Kier alpha value is -3.07. The van der Waals surface area contributed by atoms with Crippen LogP contribution in [-0.2, 0) is 20.9 Å². The molecule has 9 nitrogen and oxygen atoms in total. The van der Waals surface area contributed by atoms with Gasteiger partial charge in [-0.05, 0) is 67.5 Å². The summed E-state index contributed by atoms with van der Waals surface area (Å²) in [5.74, 6) is 0.719. The summed E-state index contributed by atoms with van der Waals surface area (Å²) in [6.07, 6.45) is 4.62. The third kappa shape index (κ3) is 3.13. The van der Waals surface area contributed by atoms with Crippen LogP contribution in [0.15, 0.2) is 29.5 Å². The molecule has 0 radical (unpaired) electrons. The van der Waals surface area contributed by atoms with Crippen LogP contribution in [0.25, 0.3) is 11.4 Å². The summed E-state index contributed by atoms with van der Waals surface area (Å²) in [7, 11) is 0. The minimum absolute atomic E-state index is 0.148. The molecule has 172 valence electrons. The van der Waals surface area contributed by atoms with E-state index in [0.717, 1.165) is 55.7 Å².